The summed E-state index contributed by atoms with van der Waals surface area (Å²) in [6.07, 6.45) is 2.59. The summed E-state index contributed by atoms with van der Waals surface area (Å²) in [4.78, 5) is 3.32. The quantitative estimate of drug-likeness (QED) is 0.857. The van der Waals surface area contributed by atoms with E-state index in [2.05, 4.69) is 27.4 Å². The Labute approximate surface area is 128 Å². The molecule has 3 rings (SSSR count). The molecule has 0 atom stereocenters. The van der Waals surface area contributed by atoms with E-state index in [1.165, 1.54) is 29.9 Å². The molecule has 0 bridgehead atoms. The smallest absolute Gasteiger partial charge is 0.178 e. The standard InChI is InChI=1S/C15H20N2OS2/c1-2-18-13-5-3-4-12-14(13)16-15(19)17(12)10-11-6-8-20-9-7-11/h3-5,11H,2,6-10H2,1H3,(H,16,19). The number of rotatable bonds is 4. The highest BCUT2D eigenvalue weighted by atomic mass is 32.2. The van der Waals surface area contributed by atoms with Gasteiger partial charge in [-0.1, -0.05) is 6.07 Å². The van der Waals surface area contributed by atoms with Gasteiger partial charge in [0.25, 0.3) is 0 Å². The summed E-state index contributed by atoms with van der Waals surface area (Å²) in [5.41, 5.74) is 2.20. The van der Waals surface area contributed by atoms with Crippen LogP contribution in [0, 0.1) is 10.7 Å². The number of hydrogen-bond donors (Lipinski definition) is 1. The van der Waals surface area contributed by atoms with Gasteiger partial charge in [-0.3, -0.25) is 0 Å². The van der Waals surface area contributed by atoms with Crippen molar-refractivity contribution in [3.63, 3.8) is 0 Å². The number of thioether (sulfide) groups is 1. The Hall–Kier alpha value is -0.940. The number of nitrogens with one attached hydrogen (secondary N) is 1. The van der Waals surface area contributed by atoms with Gasteiger partial charge >= 0.3 is 0 Å². The lowest BCUT2D eigenvalue weighted by molar-refractivity contribution is 0.343. The van der Waals surface area contributed by atoms with Crippen LogP contribution in [0.4, 0.5) is 0 Å². The zero-order valence-corrected chi connectivity index (χ0v) is 13.4. The molecule has 5 heteroatoms. The molecule has 20 heavy (non-hydrogen) atoms. The van der Waals surface area contributed by atoms with Crippen LogP contribution in [-0.4, -0.2) is 27.7 Å². The molecule has 3 nitrogen and oxygen atoms in total. The molecule has 1 N–H and O–H groups in total. The molecule has 1 aromatic carbocycles. The van der Waals surface area contributed by atoms with Crippen molar-refractivity contribution in [1.82, 2.24) is 9.55 Å². The number of aromatic nitrogens is 2. The molecule has 0 radical (unpaired) electrons. The second-order valence-corrected chi connectivity index (χ2v) is 6.79. The van der Waals surface area contributed by atoms with Gasteiger partial charge in [-0.15, -0.1) is 0 Å². The first-order valence-electron chi connectivity index (χ1n) is 7.21. The van der Waals surface area contributed by atoms with E-state index in [1.807, 2.05) is 19.1 Å². The first-order valence-corrected chi connectivity index (χ1v) is 8.78. The van der Waals surface area contributed by atoms with Gasteiger partial charge in [0.1, 0.15) is 11.3 Å². The molecule has 1 aromatic heterocycles. The number of H-pyrrole nitrogens is 1. The van der Waals surface area contributed by atoms with E-state index in [-0.39, 0.29) is 0 Å². The van der Waals surface area contributed by atoms with Crippen LogP contribution in [0.25, 0.3) is 11.0 Å². The highest BCUT2D eigenvalue weighted by molar-refractivity contribution is 7.99. The minimum atomic E-state index is 0.671. The van der Waals surface area contributed by atoms with E-state index < -0.39 is 0 Å². The molecule has 1 aliphatic rings. The van der Waals surface area contributed by atoms with Gasteiger partial charge in [0.2, 0.25) is 0 Å². The number of fused-ring (bicyclic) bond motifs is 1. The molecular formula is C15H20N2OS2. The van der Waals surface area contributed by atoms with Crippen molar-refractivity contribution in [3.8, 4) is 5.75 Å². The van der Waals surface area contributed by atoms with Crippen molar-refractivity contribution < 1.29 is 4.74 Å². The first-order chi connectivity index (χ1) is 9.79. The van der Waals surface area contributed by atoms with E-state index in [0.717, 1.165) is 28.5 Å². The fraction of sp³-hybridized carbons (Fsp3) is 0.533. The summed E-state index contributed by atoms with van der Waals surface area (Å²) in [7, 11) is 0. The Bertz CT molecular complexity index is 641. The summed E-state index contributed by atoms with van der Waals surface area (Å²) in [6, 6.07) is 6.17. The van der Waals surface area contributed by atoms with Crippen LogP contribution < -0.4 is 4.74 Å². The van der Waals surface area contributed by atoms with Crippen molar-refractivity contribution >= 4 is 35.0 Å². The van der Waals surface area contributed by atoms with Crippen molar-refractivity contribution in [1.29, 1.82) is 0 Å². The third-order valence-corrected chi connectivity index (χ3v) is 5.22. The predicted octanol–water partition coefficient (Wildman–Crippen LogP) is 4.24. The van der Waals surface area contributed by atoms with E-state index in [4.69, 9.17) is 17.0 Å². The van der Waals surface area contributed by atoms with Gasteiger partial charge in [-0.05, 0) is 61.5 Å². The molecule has 0 aliphatic carbocycles. The van der Waals surface area contributed by atoms with Crippen LogP contribution in [0.3, 0.4) is 0 Å². The monoisotopic (exact) mass is 308 g/mol. The molecule has 2 aromatic rings. The molecule has 0 unspecified atom stereocenters. The lowest BCUT2D eigenvalue weighted by Gasteiger charge is -2.21. The Morgan fingerprint density at radius 3 is 2.95 bits per heavy atom. The molecule has 1 fully saturated rings. The highest BCUT2D eigenvalue weighted by Gasteiger charge is 2.17. The Balaban J connectivity index is 1.96. The van der Waals surface area contributed by atoms with E-state index in [0.29, 0.717) is 6.61 Å². The van der Waals surface area contributed by atoms with Crippen LogP contribution in [0.2, 0.25) is 0 Å². The fourth-order valence-corrected chi connectivity index (χ4v) is 4.28. The van der Waals surface area contributed by atoms with Crippen LogP contribution in [-0.2, 0) is 6.54 Å². The van der Waals surface area contributed by atoms with Crippen LogP contribution >= 0.6 is 24.0 Å². The Kier molecular flexibility index (Phi) is 4.36. The van der Waals surface area contributed by atoms with Gasteiger partial charge < -0.3 is 14.3 Å². The first kappa shape index (κ1) is 14.0. The van der Waals surface area contributed by atoms with Gasteiger partial charge in [-0.2, -0.15) is 11.8 Å². The second kappa shape index (κ2) is 6.22. The number of aromatic amines is 1. The molecule has 0 spiro atoms. The number of hydrogen-bond acceptors (Lipinski definition) is 3. The van der Waals surface area contributed by atoms with Crippen molar-refractivity contribution in [2.24, 2.45) is 5.92 Å². The minimum absolute atomic E-state index is 0.671. The predicted molar refractivity (Wildman–Crippen MR) is 88.3 cm³/mol. The van der Waals surface area contributed by atoms with Gasteiger partial charge in [-0.25, -0.2) is 0 Å². The minimum Gasteiger partial charge on any atom is -0.492 e. The highest BCUT2D eigenvalue weighted by Crippen LogP contribution is 2.28. The second-order valence-electron chi connectivity index (χ2n) is 5.18. The van der Waals surface area contributed by atoms with Gasteiger partial charge in [0, 0.05) is 6.54 Å². The summed E-state index contributed by atoms with van der Waals surface area (Å²) >= 11 is 7.58. The van der Waals surface area contributed by atoms with Crippen molar-refractivity contribution in [2.45, 2.75) is 26.3 Å². The number of benzene rings is 1. The fourth-order valence-electron chi connectivity index (χ4n) is 2.80. The zero-order chi connectivity index (χ0) is 13.9. The summed E-state index contributed by atoms with van der Waals surface area (Å²) in [6.45, 7) is 3.70. The maximum atomic E-state index is 5.68. The molecular weight excluding hydrogens is 288 g/mol. The van der Waals surface area contributed by atoms with Crippen molar-refractivity contribution in [2.75, 3.05) is 18.1 Å². The average molecular weight is 308 g/mol. The SMILES string of the molecule is CCOc1cccc2c1[nH]c(=S)n2CC1CCSCC1. The van der Waals surface area contributed by atoms with Gasteiger partial charge in [0.05, 0.1) is 12.1 Å². The molecule has 108 valence electrons. The van der Waals surface area contributed by atoms with Crippen molar-refractivity contribution in [3.05, 3.63) is 23.0 Å². The summed E-state index contributed by atoms with van der Waals surface area (Å²) < 4.78 is 8.74. The number of para-hydroxylation sites is 1. The van der Waals surface area contributed by atoms with E-state index in [9.17, 15) is 0 Å². The zero-order valence-electron chi connectivity index (χ0n) is 11.7. The van der Waals surface area contributed by atoms with E-state index >= 15 is 0 Å². The maximum Gasteiger partial charge on any atom is 0.178 e. The van der Waals surface area contributed by atoms with Crippen LogP contribution in [0.5, 0.6) is 5.75 Å². The molecule has 0 amide bonds. The Morgan fingerprint density at radius 1 is 1.40 bits per heavy atom. The summed E-state index contributed by atoms with van der Waals surface area (Å²) in [5, 5.41) is 0. The van der Waals surface area contributed by atoms with Crippen LogP contribution in [0.1, 0.15) is 19.8 Å². The number of imidazole rings is 1. The number of ether oxygens (including phenoxy) is 1. The Morgan fingerprint density at radius 2 is 2.20 bits per heavy atom. The third-order valence-electron chi connectivity index (χ3n) is 3.85. The molecule has 2 heterocycles. The molecule has 0 saturated carbocycles. The molecule has 1 saturated heterocycles. The summed E-state index contributed by atoms with van der Waals surface area (Å²) in [5.74, 6) is 4.21. The van der Waals surface area contributed by atoms with Crippen LogP contribution in [0.15, 0.2) is 18.2 Å². The normalized spacial score (nSPS) is 16.6. The average Bonchev–Trinajstić information content (AvgIpc) is 2.78. The lowest BCUT2D eigenvalue weighted by Crippen LogP contribution is -2.16. The topological polar surface area (TPSA) is 29.9 Å². The number of nitrogens with zero attached hydrogens (tertiary/aromatic N) is 1. The van der Waals surface area contributed by atoms with E-state index in [1.54, 1.807) is 0 Å². The third kappa shape index (κ3) is 2.74. The largest absolute Gasteiger partial charge is 0.492 e. The molecule has 1 aliphatic heterocycles. The maximum absolute atomic E-state index is 5.68. The lowest BCUT2D eigenvalue weighted by atomic mass is 10.0. The van der Waals surface area contributed by atoms with Gasteiger partial charge in [0.15, 0.2) is 4.77 Å².